The van der Waals surface area contributed by atoms with Gasteiger partial charge in [-0.1, -0.05) is 6.92 Å². The summed E-state index contributed by atoms with van der Waals surface area (Å²) in [6, 6.07) is 0.0645. The molecule has 0 fully saturated rings. The molecule has 0 radical (unpaired) electrons. The first kappa shape index (κ1) is 13.3. The second-order valence-electron chi connectivity index (χ2n) is 3.65. The lowest BCUT2D eigenvalue weighted by molar-refractivity contribution is -0.149. The molecule has 1 aliphatic rings. The van der Waals surface area contributed by atoms with Gasteiger partial charge in [-0.3, -0.25) is 4.79 Å². The SMILES string of the molecule is CCC(C)NC(=O)COC(=O)C1=COCCO1. The number of amides is 1. The van der Waals surface area contributed by atoms with Gasteiger partial charge in [0.1, 0.15) is 19.5 Å². The lowest BCUT2D eigenvalue weighted by Crippen LogP contribution is -2.35. The molecule has 1 heterocycles. The van der Waals surface area contributed by atoms with E-state index in [2.05, 4.69) is 5.32 Å². The van der Waals surface area contributed by atoms with Crippen molar-refractivity contribution in [2.75, 3.05) is 19.8 Å². The summed E-state index contributed by atoms with van der Waals surface area (Å²) >= 11 is 0. The summed E-state index contributed by atoms with van der Waals surface area (Å²) < 4.78 is 14.7. The molecule has 0 aromatic carbocycles. The van der Waals surface area contributed by atoms with Crippen molar-refractivity contribution in [2.24, 2.45) is 0 Å². The summed E-state index contributed by atoms with van der Waals surface area (Å²) in [5.41, 5.74) is 0. The van der Waals surface area contributed by atoms with Crippen LogP contribution in [0.25, 0.3) is 0 Å². The number of esters is 1. The van der Waals surface area contributed by atoms with Gasteiger partial charge in [0.15, 0.2) is 6.61 Å². The second kappa shape index (κ2) is 6.78. The Hall–Kier alpha value is -1.72. The predicted octanol–water partition coefficient (Wildman–Crippen LogP) is 0.332. The molecule has 0 aromatic rings. The van der Waals surface area contributed by atoms with E-state index >= 15 is 0 Å². The minimum absolute atomic E-state index is 0.00686. The third-order valence-electron chi connectivity index (χ3n) is 2.20. The van der Waals surface area contributed by atoms with E-state index in [0.29, 0.717) is 13.2 Å². The van der Waals surface area contributed by atoms with E-state index in [-0.39, 0.29) is 24.3 Å². The molecule has 0 aliphatic carbocycles. The van der Waals surface area contributed by atoms with Gasteiger partial charge in [0.2, 0.25) is 5.76 Å². The van der Waals surface area contributed by atoms with Gasteiger partial charge in [0.05, 0.1) is 0 Å². The summed E-state index contributed by atoms with van der Waals surface area (Å²) in [7, 11) is 0. The predicted molar refractivity (Wildman–Crippen MR) is 58.8 cm³/mol. The minimum atomic E-state index is -0.691. The van der Waals surface area contributed by atoms with Crippen LogP contribution in [0.1, 0.15) is 20.3 Å². The van der Waals surface area contributed by atoms with Crippen LogP contribution in [0.5, 0.6) is 0 Å². The molecule has 1 atom stereocenters. The minimum Gasteiger partial charge on any atom is -0.493 e. The van der Waals surface area contributed by atoms with E-state index < -0.39 is 5.97 Å². The zero-order valence-electron chi connectivity index (χ0n) is 10.0. The molecule has 0 saturated carbocycles. The lowest BCUT2D eigenvalue weighted by Gasteiger charge is -2.15. The molecule has 0 saturated heterocycles. The molecule has 1 aliphatic heterocycles. The van der Waals surface area contributed by atoms with Crippen molar-refractivity contribution in [1.82, 2.24) is 5.32 Å². The van der Waals surface area contributed by atoms with Gasteiger partial charge < -0.3 is 19.5 Å². The first-order chi connectivity index (χ1) is 8.13. The summed E-state index contributed by atoms with van der Waals surface area (Å²) in [6.07, 6.45) is 2.01. The molecule has 17 heavy (non-hydrogen) atoms. The van der Waals surface area contributed by atoms with Gasteiger partial charge in [-0.05, 0) is 13.3 Å². The average Bonchev–Trinajstić information content (AvgIpc) is 2.36. The normalized spacial score (nSPS) is 16.0. The molecule has 1 N–H and O–H groups in total. The first-order valence-corrected chi connectivity index (χ1v) is 5.54. The Morgan fingerprint density at radius 1 is 1.53 bits per heavy atom. The molecule has 1 unspecified atom stereocenters. The molecular formula is C11H17NO5. The molecule has 1 amide bonds. The standard InChI is InChI=1S/C11H17NO5/c1-3-8(2)12-10(13)7-17-11(14)9-6-15-4-5-16-9/h6,8H,3-5,7H2,1-2H3,(H,12,13). The van der Waals surface area contributed by atoms with E-state index in [9.17, 15) is 9.59 Å². The Labute approximate surface area is 99.9 Å². The van der Waals surface area contributed by atoms with E-state index in [1.54, 1.807) is 0 Å². The molecule has 0 spiro atoms. The Morgan fingerprint density at radius 2 is 2.29 bits per heavy atom. The van der Waals surface area contributed by atoms with Crippen LogP contribution in [-0.4, -0.2) is 37.7 Å². The molecule has 0 bridgehead atoms. The third kappa shape index (κ3) is 4.76. The van der Waals surface area contributed by atoms with Crippen LogP contribution in [0.15, 0.2) is 12.0 Å². The smallest absolute Gasteiger partial charge is 0.377 e. The number of ether oxygens (including phenoxy) is 3. The van der Waals surface area contributed by atoms with Crippen molar-refractivity contribution < 1.29 is 23.8 Å². The summed E-state index contributed by atoms with van der Waals surface area (Å²) in [6.45, 7) is 4.23. The van der Waals surface area contributed by atoms with Crippen LogP contribution in [-0.2, 0) is 23.8 Å². The van der Waals surface area contributed by atoms with E-state index in [4.69, 9.17) is 14.2 Å². The first-order valence-electron chi connectivity index (χ1n) is 5.54. The quantitative estimate of drug-likeness (QED) is 0.704. The van der Waals surface area contributed by atoms with Gasteiger partial charge in [-0.15, -0.1) is 0 Å². The highest BCUT2D eigenvalue weighted by molar-refractivity contribution is 5.88. The van der Waals surface area contributed by atoms with Gasteiger partial charge in [-0.2, -0.15) is 0 Å². The second-order valence-corrected chi connectivity index (χ2v) is 3.65. The van der Waals surface area contributed by atoms with E-state index in [1.165, 1.54) is 6.26 Å². The monoisotopic (exact) mass is 243 g/mol. The number of carbonyl (C=O) groups excluding carboxylic acids is 2. The fourth-order valence-corrected chi connectivity index (χ4v) is 1.10. The largest absolute Gasteiger partial charge is 0.493 e. The van der Waals surface area contributed by atoms with Crippen LogP contribution in [0.2, 0.25) is 0 Å². The maximum Gasteiger partial charge on any atom is 0.377 e. The molecule has 1 rings (SSSR count). The maximum atomic E-state index is 11.4. The topological polar surface area (TPSA) is 73.9 Å². The summed E-state index contributed by atoms with van der Waals surface area (Å²) in [4.78, 5) is 22.7. The number of carbonyl (C=O) groups is 2. The van der Waals surface area contributed by atoms with Crippen LogP contribution in [0.3, 0.4) is 0 Å². The Kier molecular flexibility index (Phi) is 5.32. The Balaban J connectivity index is 2.27. The fourth-order valence-electron chi connectivity index (χ4n) is 1.10. The van der Waals surface area contributed by atoms with Gasteiger partial charge in [0.25, 0.3) is 5.91 Å². The molecular weight excluding hydrogens is 226 g/mol. The number of hydrogen-bond acceptors (Lipinski definition) is 5. The van der Waals surface area contributed by atoms with Crippen LogP contribution >= 0.6 is 0 Å². The van der Waals surface area contributed by atoms with Gasteiger partial charge in [0, 0.05) is 6.04 Å². The highest BCUT2D eigenvalue weighted by atomic mass is 16.6. The molecule has 6 nitrogen and oxygen atoms in total. The maximum absolute atomic E-state index is 11.4. The van der Waals surface area contributed by atoms with Crippen LogP contribution in [0, 0.1) is 0 Å². The van der Waals surface area contributed by atoms with Crippen molar-refractivity contribution in [3.05, 3.63) is 12.0 Å². The van der Waals surface area contributed by atoms with E-state index in [1.807, 2.05) is 13.8 Å². The van der Waals surface area contributed by atoms with Crippen molar-refractivity contribution in [2.45, 2.75) is 26.3 Å². The number of nitrogens with one attached hydrogen (secondary N) is 1. The van der Waals surface area contributed by atoms with Gasteiger partial charge in [-0.25, -0.2) is 4.79 Å². The van der Waals surface area contributed by atoms with E-state index in [0.717, 1.165) is 6.42 Å². The highest BCUT2D eigenvalue weighted by Gasteiger charge is 2.18. The Morgan fingerprint density at radius 3 is 2.88 bits per heavy atom. The summed E-state index contributed by atoms with van der Waals surface area (Å²) in [5.74, 6) is -1.03. The highest BCUT2D eigenvalue weighted by Crippen LogP contribution is 2.05. The van der Waals surface area contributed by atoms with Gasteiger partial charge >= 0.3 is 5.97 Å². The zero-order chi connectivity index (χ0) is 12.7. The third-order valence-corrected chi connectivity index (χ3v) is 2.20. The van der Waals surface area contributed by atoms with Crippen molar-refractivity contribution >= 4 is 11.9 Å². The van der Waals surface area contributed by atoms with Crippen molar-refractivity contribution in [3.8, 4) is 0 Å². The average molecular weight is 243 g/mol. The number of rotatable bonds is 5. The lowest BCUT2D eigenvalue weighted by atomic mass is 10.2. The number of hydrogen-bond donors (Lipinski definition) is 1. The molecule has 6 heteroatoms. The van der Waals surface area contributed by atoms with Crippen molar-refractivity contribution in [3.63, 3.8) is 0 Å². The van der Waals surface area contributed by atoms with Crippen molar-refractivity contribution in [1.29, 1.82) is 0 Å². The molecule has 96 valence electrons. The fraction of sp³-hybridized carbons (Fsp3) is 0.636. The Bertz CT molecular complexity index is 313. The van der Waals surface area contributed by atoms with Crippen LogP contribution < -0.4 is 5.32 Å². The van der Waals surface area contributed by atoms with Crippen LogP contribution in [0.4, 0.5) is 0 Å². The summed E-state index contributed by atoms with van der Waals surface area (Å²) in [5, 5.41) is 2.68. The molecule has 0 aromatic heterocycles. The zero-order valence-corrected chi connectivity index (χ0v) is 10.0.